The number of nitrogens with zero attached hydrogens (tertiary/aromatic N) is 2. The van der Waals surface area contributed by atoms with Gasteiger partial charge < -0.3 is 39.6 Å². The van der Waals surface area contributed by atoms with Gasteiger partial charge in [0, 0.05) is 31.9 Å². The number of anilines is 2. The van der Waals surface area contributed by atoms with Crippen LogP contribution in [0.3, 0.4) is 0 Å². The molecule has 2 bridgehead atoms. The lowest BCUT2D eigenvalue weighted by atomic mass is 9.94. The number of benzene rings is 2. The van der Waals surface area contributed by atoms with Crippen LogP contribution in [0.4, 0.5) is 16.2 Å². The van der Waals surface area contributed by atoms with Crippen molar-refractivity contribution in [3.8, 4) is 11.5 Å². The van der Waals surface area contributed by atoms with E-state index in [0.717, 1.165) is 37.6 Å². The highest BCUT2D eigenvalue weighted by atomic mass is 16.7. The van der Waals surface area contributed by atoms with Gasteiger partial charge in [0.05, 0.1) is 44.7 Å². The number of ether oxygens (including phenoxy) is 4. The van der Waals surface area contributed by atoms with Gasteiger partial charge in [0.2, 0.25) is 0 Å². The molecule has 2 aromatic rings. The standard InChI is InChI=1S/C25H32N4O6/c1-32-17-9-7-16(8-10-17)26-25(31)27-21-20-15-34-24(35-20)22(23(21)30)29-13-11-28(12-14-29)18-5-3-4-6-19(18)33-2/h3-10,20-24,30H,11-15H2,1-2H3,(H2,26,27,31). The Morgan fingerprint density at radius 1 is 1.03 bits per heavy atom. The van der Waals surface area contributed by atoms with Crippen molar-refractivity contribution in [3.63, 3.8) is 0 Å². The summed E-state index contributed by atoms with van der Waals surface area (Å²) < 4.78 is 22.6. The summed E-state index contributed by atoms with van der Waals surface area (Å²) in [5, 5.41) is 17.0. The number of urea groups is 1. The Morgan fingerprint density at radius 3 is 2.49 bits per heavy atom. The molecule has 0 aliphatic carbocycles. The van der Waals surface area contributed by atoms with Crippen molar-refractivity contribution in [2.75, 3.05) is 57.2 Å². The zero-order chi connectivity index (χ0) is 24.4. The van der Waals surface area contributed by atoms with E-state index in [1.165, 1.54) is 0 Å². The Bertz CT molecular complexity index is 1010. The molecule has 3 aliphatic rings. The van der Waals surface area contributed by atoms with Crippen LogP contribution in [-0.4, -0.2) is 93.6 Å². The van der Waals surface area contributed by atoms with Crippen LogP contribution in [0.15, 0.2) is 48.5 Å². The summed E-state index contributed by atoms with van der Waals surface area (Å²) in [5.74, 6) is 1.55. The van der Waals surface area contributed by atoms with Crippen molar-refractivity contribution in [1.82, 2.24) is 10.2 Å². The minimum absolute atomic E-state index is 0.326. The number of piperazine rings is 1. The van der Waals surface area contributed by atoms with E-state index in [-0.39, 0.29) is 6.04 Å². The van der Waals surface area contributed by atoms with Gasteiger partial charge in [0.25, 0.3) is 0 Å². The van der Waals surface area contributed by atoms with E-state index in [4.69, 9.17) is 18.9 Å². The predicted molar refractivity (Wildman–Crippen MR) is 130 cm³/mol. The maximum atomic E-state index is 12.7. The lowest BCUT2D eigenvalue weighted by Crippen LogP contribution is -2.67. The van der Waals surface area contributed by atoms with Gasteiger partial charge in [0.15, 0.2) is 6.29 Å². The van der Waals surface area contributed by atoms with E-state index >= 15 is 0 Å². The zero-order valence-corrected chi connectivity index (χ0v) is 19.9. The van der Waals surface area contributed by atoms with Crippen molar-refractivity contribution in [3.05, 3.63) is 48.5 Å². The van der Waals surface area contributed by atoms with Crippen LogP contribution in [0, 0.1) is 0 Å². The third-order valence-electron chi connectivity index (χ3n) is 6.94. The molecule has 5 atom stereocenters. The third-order valence-corrected chi connectivity index (χ3v) is 6.94. The number of methoxy groups -OCH3 is 2. The van der Waals surface area contributed by atoms with Gasteiger partial charge in [-0.05, 0) is 36.4 Å². The van der Waals surface area contributed by atoms with Crippen LogP contribution < -0.4 is 25.0 Å². The molecule has 3 heterocycles. The van der Waals surface area contributed by atoms with Gasteiger partial charge in [-0.15, -0.1) is 0 Å². The molecule has 2 amide bonds. The molecule has 0 saturated carbocycles. The average molecular weight is 485 g/mol. The van der Waals surface area contributed by atoms with Crippen LogP contribution in [-0.2, 0) is 9.47 Å². The average Bonchev–Trinajstić information content (AvgIpc) is 3.32. The number of amides is 2. The zero-order valence-electron chi connectivity index (χ0n) is 19.9. The Morgan fingerprint density at radius 2 is 1.77 bits per heavy atom. The highest BCUT2D eigenvalue weighted by molar-refractivity contribution is 5.89. The molecule has 0 radical (unpaired) electrons. The Balaban J connectivity index is 1.22. The second-order valence-electron chi connectivity index (χ2n) is 8.91. The van der Waals surface area contributed by atoms with E-state index in [1.807, 2.05) is 18.2 Å². The molecule has 10 heteroatoms. The number of para-hydroxylation sites is 2. The maximum Gasteiger partial charge on any atom is 0.319 e. The summed E-state index contributed by atoms with van der Waals surface area (Å²) >= 11 is 0. The lowest BCUT2D eigenvalue weighted by Gasteiger charge is -2.47. The van der Waals surface area contributed by atoms with Gasteiger partial charge in [-0.25, -0.2) is 4.79 Å². The first kappa shape index (κ1) is 23.7. The number of rotatable bonds is 6. The van der Waals surface area contributed by atoms with Crippen LogP contribution in [0.1, 0.15) is 0 Å². The molecule has 3 N–H and O–H groups in total. The number of aliphatic hydroxyl groups is 1. The molecular formula is C25H32N4O6. The SMILES string of the molecule is COc1ccc(NC(=O)NC2C3COC(O3)C(N3CCN(c4ccccc4OC)CC3)C2O)cc1. The van der Waals surface area contributed by atoms with Gasteiger partial charge in [-0.3, -0.25) is 4.90 Å². The molecule has 10 nitrogen and oxygen atoms in total. The maximum absolute atomic E-state index is 12.7. The number of hydrogen-bond donors (Lipinski definition) is 3. The van der Waals surface area contributed by atoms with Crippen LogP contribution in [0.5, 0.6) is 11.5 Å². The van der Waals surface area contributed by atoms with Gasteiger partial charge in [0.1, 0.15) is 17.6 Å². The molecule has 3 fully saturated rings. The van der Waals surface area contributed by atoms with Gasteiger partial charge in [-0.1, -0.05) is 12.1 Å². The summed E-state index contributed by atoms with van der Waals surface area (Å²) in [4.78, 5) is 17.2. The predicted octanol–water partition coefficient (Wildman–Crippen LogP) is 1.50. The molecule has 3 saturated heterocycles. The fraction of sp³-hybridized carbons (Fsp3) is 0.480. The minimum atomic E-state index is -0.833. The Hall–Kier alpha value is -3.05. The molecule has 188 valence electrons. The number of carbonyl (C=O) groups is 1. The summed E-state index contributed by atoms with van der Waals surface area (Å²) in [5.41, 5.74) is 1.68. The highest BCUT2D eigenvalue weighted by Crippen LogP contribution is 2.34. The summed E-state index contributed by atoms with van der Waals surface area (Å²) in [6.07, 6.45) is -1.75. The first-order chi connectivity index (χ1) is 17.1. The van der Waals surface area contributed by atoms with E-state index in [9.17, 15) is 9.90 Å². The van der Waals surface area contributed by atoms with Crippen LogP contribution >= 0.6 is 0 Å². The van der Waals surface area contributed by atoms with E-state index in [2.05, 4.69) is 26.5 Å². The molecule has 0 aromatic heterocycles. The third kappa shape index (κ3) is 4.87. The van der Waals surface area contributed by atoms with Crippen LogP contribution in [0.25, 0.3) is 0 Å². The first-order valence-electron chi connectivity index (χ1n) is 11.9. The Kier molecular flexibility index (Phi) is 6.96. The van der Waals surface area contributed by atoms with Crippen molar-refractivity contribution in [2.24, 2.45) is 0 Å². The van der Waals surface area contributed by atoms with Crippen molar-refractivity contribution >= 4 is 17.4 Å². The number of aliphatic hydroxyl groups excluding tert-OH is 1. The second kappa shape index (κ2) is 10.3. The lowest BCUT2D eigenvalue weighted by molar-refractivity contribution is -0.181. The molecule has 5 unspecified atom stereocenters. The van der Waals surface area contributed by atoms with Gasteiger partial charge >= 0.3 is 6.03 Å². The van der Waals surface area contributed by atoms with Crippen molar-refractivity contribution < 1.29 is 28.8 Å². The van der Waals surface area contributed by atoms with Gasteiger partial charge in [-0.2, -0.15) is 0 Å². The van der Waals surface area contributed by atoms with E-state index in [1.54, 1.807) is 38.5 Å². The molecule has 2 aromatic carbocycles. The Labute approximate surface area is 204 Å². The van der Waals surface area contributed by atoms with E-state index < -0.39 is 30.6 Å². The molecule has 5 rings (SSSR count). The van der Waals surface area contributed by atoms with Crippen molar-refractivity contribution in [1.29, 1.82) is 0 Å². The number of fused-ring (bicyclic) bond motifs is 2. The second-order valence-corrected chi connectivity index (χ2v) is 8.91. The number of carbonyl (C=O) groups excluding carboxylic acids is 1. The summed E-state index contributed by atoms with van der Waals surface area (Å²) in [7, 11) is 3.27. The van der Waals surface area contributed by atoms with Crippen LogP contribution in [0.2, 0.25) is 0 Å². The summed E-state index contributed by atoms with van der Waals surface area (Å²) in [6.45, 7) is 3.31. The number of nitrogens with one attached hydrogen (secondary N) is 2. The normalized spacial score (nSPS) is 28.4. The minimum Gasteiger partial charge on any atom is -0.497 e. The van der Waals surface area contributed by atoms with E-state index in [0.29, 0.717) is 18.0 Å². The molecule has 3 aliphatic heterocycles. The number of hydrogen-bond acceptors (Lipinski definition) is 8. The molecular weight excluding hydrogens is 452 g/mol. The molecule has 35 heavy (non-hydrogen) atoms. The quantitative estimate of drug-likeness (QED) is 0.567. The fourth-order valence-corrected chi connectivity index (χ4v) is 5.11. The smallest absolute Gasteiger partial charge is 0.319 e. The summed E-state index contributed by atoms with van der Waals surface area (Å²) in [6, 6.07) is 13.6. The molecule has 0 spiro atoms. The largest absolute Gasteiger partial charge is 0.497 e. The first-order valence-corrected chi connectivity index (χ1v) is 11.9. The fourth-order valence-electron chi connectivity index (χ4n) is 5.11. The monoisotopic (exact) mass is 484 g/mol. The highest BCUT2D eigenvalue weighted by Gasteiger charge is 2.53. The topological polar surface area (TPSA) is 105 Å². The van der Waals surface area contributed by atoms with Crippen molar-refractivity contribution in [2.45, 2.75) is 30.6 Å².